The van der Waals surface area contributed by atoms with Gasteiger partial charge in [-0.1, -0.05) is 42.8 Å². The van der Waals surface area contributed by atoms with E-state index < -0.39 is 0 Å². The second-order valence-corrected chi connectivity index (χ2v) is 5.20. The Hall–Kier alpha value is -1.80. The van der Waals surface area contributed by atoms with Gasteiger partial charge in [0.1, 0.15) is 0 Å². The van der Waals surface area contributed by atoms with E-state index in [2.05, 4.69) is 79.6 Å². The van der Waals surface area contributed by atoms with Crippen molar-refractivity contribution in [3.05, 3.63) is 59.7 Å². The molecule has 2 aromatic carbocycles. The van der Waals surface area contributed by atoms with Crippen LogP contribution in [0.2, 0.25) is 0 Å². The SMILES string of the molecule is CCCNCc1cc(C)ccc1N(C)c1ccccc1. The first-order chi connectivity index (χ1) is 9.72. The lowest BCUT2D eigenvalue weighted by Crippen LogP contribution is -2.18. The summed E-state index contributed by atoms with van der Waals surface area (Å²) in [4.78, 5) is 2.25. The molecule has 0 amide bonds. The largest absolute Gasteiger partial charge is 0.344 e. The van der Waals surface area contributed by atoms with Crippen LogP contribution in [0.3, 0.4) is 0 Å². The van der Waals surface area contributed by atoms with E-state index in [1.165, 1.54) is 22.5 Å². The molecule has 0 radical (unpaired) electrons. The van der Waals surface area contributed by atoms with Crippen LogP contribution in [0, 0.1) is 6.92 Å². The average molecular weight is 268 g/mol. The zero-order valence-corrected chi connectivity index (χ0v) is 12.7. The third kappa shape index (κ3) is 3.61. The second-order valence-electron chi connectivity index (χ2n) is 5.20. The lowest BCUT2D eigenvalue weighted by Gasteiger charge is -2.23. The van der Waals surface area contributed by atoms with E-state index in [1.807, 2.05) is 0 Å². The Bertz CT molecular complexity index is 534. The molecule has 0 aliphatic carbocycles. The van der Waals surface area contributed by atoms with E-state index in [9.17, 15) is 0 Å². The van der Waals surface area contributed by atoms with Crippen LogP contribution in [0.5, 0.6) is 0 Å². The van der Waals surface area contributed by atoms with E-state index in [1.54, 1.807) is 0 Å². The zero-order valence-electron chi connectivity index (χ0n) is 12.7. The van der Waals surface area contributed by atoms with E-state index in [0.717, 1.165) is 19.5 Å². The number of nitrogens with one attached hydrogen (secondary N) is 1. The molecule has 2 heteroatoms. The summed E-state index contributed by atoms with van der Waals surface area (Å²) in [5.41, 5.74) is 5.15. The lowest BCUT2D eigenvalue weighted by atomic mass is 10.1. The van der Waals surface area contributed by atoms with Crippen LogP contribution in [0.4, 0.5) is 11.4 Å². The maximum absolute atomic E-state index is 3.50. The van der Waals surface area contributed by atoms with E-state index in [4.69, 9.17) is 0 Å². The van der Waals surface area contributed by atoms with Crippen molar-refractivity contribution in [1.82, 2.24) is 5.32 Å². The third-order valence-electron chi connectivity index (χ3n) is 3.48. The first-order valence-corrected chi connectivity index (χ1v) is 7.31. The molecule has 0 aliphatic heterocycles. The Morgan fingerprint density at radius 1 is 1.05 bits per heavy atom. The molecule has 0 aliphatic rings. The number of hydrogen-bond donors (Lipinski definition) is 1. The molecule has 0 heterocycles. The predicted molar refractivity (Wildman–Crippen MR) is 87.7 cm³/mol. The summed E-state index contributed by atoms with van der Waals surface area (Å²) in [5, 5.41) is 3.50. The van der Waals surface area contributed by atoms with Crippen molar-refractivity contribution in [2.24, 2.45) is 0 Å². The molecule has 0 spiro atoms. The number of benzene rings is 2. The topological polar surface area (TPSA) is 15.3 Å². The van der Waals surface area contributed by atoms with Crippen molar-refractivity contribution >= 4 is 11.4 Å². The van der Waals surface area contributed by atoms with E-state index in [0.29, 0.717) is 0 Å². The monoisotopic (exact) mass is 268 g/mol. The molecule has 1 N–H and O–H groups in total. The smallest absolute Gasteiger partial charge is 0.0453 e. The Labute approximate surface area is 122 Å². The van der Waals surface area contributed by atoms with Gasteiger partial charge in [-0.25, -0.2) is 0 Å². The van der Waals surface area contributed by atoms with Crippen LogP contribution in [0.25, 0.3) is 0 Å². The van der Waals surface area contributed by atoms with E-state index in [-0.39, 0.29) is 0 Å². The highest BCUT2D eigenvalue weighted by Gasteiger charge is 2.09. The summed E-state index contributed by atoms with van der Waals surface area (Å²) >= 11 is 0. The Balaban J connectivity index is 2.25. The first-order valence-electron chi connectivity index (χ1n) is 7.31. The number of anilines is 2. The highest BCUT2D eigenvalue weighted by molar-refractivity contribution is 5.66. The Morgan fingerprint density at radius 3 is 2.50 bits per heavy atom. The maximum Gasteiger partial charge on any atom is 0.0453 e. The van der Waals surface area contributed by atoms with Crippen LogP contribution in [-0.4, -0.2) is 13.6 Å². The van der Waals surface area contributed by atoms with Crippen LogP contribution in [-0.2, 0) is 6.54 Å². The molecule has 0 saturated carbocycles. The van der Waals surface area contributed by atoms with Crippen molar-refractivity contribution in [2.45, 2.75) is 26.8 Å². The standard InChI is InChI=1S/C18H24N2/c1-4-12-19-14-16-13-15(2)10-11-18(16)20(3)17-8-6-5-7-9-17/h5-11,13,19H,4,12,14H2,1-3H3. The fraction of sp³-hybridized carbons (Fsp3) is 0.333. The molecule has 2 aromatic rings. The van der Waals surface area contributed by atoms with Gasteiger partial charge in [0.15, 0.2) is 0 Å². The number of hydrogen-bond acceptors (Lipinski definition) is 2. The quantitative estimate of drug-likeness (QED) is 0.787. The predicted octanol–water partition coefficient (Wildman–Crippen LogP) is 4.26. The highest BCUT2D eigenvalue weighted by Crippen LogP contribution is 2.27. The van der Waals surface area contributed by atoms with Crippen molar-refractivity contribution in [3.63, 3.8) is 0 Å². The van der Waals surface area contributed by atoms with Crippen molar-refractivity contribution in [1.29, 1.82) is 0 Å². The van der Waals surface area contributed by atoms with Gasteiger partial charge in [-0.3, -0.25) is 0 Å². The van der Waals surface area contributed by atoms with Crippen molar-refractivity contribution in [2.75, 3.05) is 18.5 Å². The minimum atomic E-state index is 0.919. The number of rotatable bonds is 6. The molecule has 2 rings (SSSR count). The number of nitrogens with zero attached hydrogens (tertiary/aromatic N) is 1. The van der Waals surface area contributed by atoms with Crippen LogP contribution in [0.15, 0.2) is 48.5 Å². The molecule has 0 aromatic heterocycles. The molecule has 0 fully saturated rings. The van der Waals surface area contributed by atoms with Gasteiger partial charge in [0.2, 0.25) is 0 Å². The first kappa shape index (κ1) is 14.6. The van der Waals surface area contributed by atoms with Gasteiger partial charge in [-0.15, -0.1) is 0 Å². The van der Waals surface area contributed by atoms with Crippen molar-refractivity contribution < 1.29 is 0 Å². The highest BCUT2D eigenvalue weighted by atomic mass is 15.1. The molecule has 20 heavy (non-hydrogen) atoms. The van der Waals surface area contributed by atoms with E-state index >= 15 is 0 Å². The minimum absolute atomic E-state index is 0.919. The van der Waals surface area contributed by atoms with Gasteiger partial charge in [0, 0.05) is 25.0 Å². The molecule has 2 nitrogen and oxygen atoms in total. The van der Waals surface area contributed by atoms with Crippen molar-refractivity contribution in [3.8, 4) is 0 Å². The average Bonchev–Trinajstić information content (AvgIpc) is 2.48. The Kier molecular flexibility index (Phi) is 5.19. The number of aryl methyl sites for hydroxylation is 1. The molecule has 0 saturated heterocycles. The van der Waals surface area contributed by atoms with Crippen LogP contribution >= 0.6 is 0 Å². The van der Waals surface area contributed by atoms with Crippen LogP contribution < -0.4 is 10.2 Å². The summed E-state index contributed by atoms with van der Waals surface area (Å²) < 4.78 is 0. The van der Waals surface area contributed by atoms with Gasteiger partial charge in [0.05, 0.1) is 0 Å². The minimum Gasteiger partial charge on any atom is -0.344 e. The van der Waals surface area contributed by atoms with Gasteiger partial charge in [-0.2, -0.15) is 0 Å². The summed E-state index contributed by atoms with van der Waals surface area (Å²) in [7, 11) is 2.13. The summed E-state index contributed by atoms with van der Waals surface area (Å²) in [6.07, 6.45) is 1.16. The Morgan fingerprint density at radius 2 is 1.80 bits per heavy atom. The fourth-order valence-electron chi connectivity index (χ4n) is 2.37. The second kappa shape index (κ2) is 7.11. The van der Waals surface area contributed by atoms with Gasteiger partial charge < -0.3 is 10.2 Å². The van der Waals surface area contributed by atoms with Crippen LogP contribution in [0.1, 0.15) is 24.5 Å². The fourth-order valence-corrected chi connectivity index (χ4v) is 2.37. The molecular formula is C18H24N2. The maximum atomic E-state index is 3.50. The summed E-state index contributed by atoms with van der Waals surface area (Å²) in [6.45, 7) is 6.32. The number of para-hydroxylation sites is 1. The van der Waals surface area contributed by atoms with Gasteiger partial charge in [0.25, 0.3) is 0 Å². The van der Waals surface area contributed by atoms with Gasteiger partial charge >= 0.3 is 0 Å². The molecular weight excluding hydrogens is 244 g/mol. The molecule has 0 atom stereocenters. The summed E-state index contributed by atoms with van der Waals surface area (Å²) in [5.74, 6) is 0. The third-order valence-corrected chi connectivity index (χ3v) is 3.48. The lowest BCUT2D eigenvalue weighted by molar-refractivity contribution is 0.675. The van der Waals surface area contributed by atoms with Gasteiger partial charge in [-0.05, 0) is 43.7 Å². The molecule has 106 valence electrons. The summed E-state index contributed by atoms with van der Waals surface area (Å²) in [6, 6.07) is 17.2. The normalized spacial score (nSPS) is 10.6. The molecule has 0 bridgehead atoms. The molecule has 0 unspecified atom stereocenters. The zero-order chi connectivity index (χ0) is 14.4.